The minimum Gasteiger partial charge on any atom is -0.466 e. The first kappa shape index (κ1) is 54.4. The molecule has 0 heterocycles. The van der Waals surface area contributed by atoms with Crippen LogP contribution in [0.1, 0.15) is 152 Å². The molecule has 0 aliphatic rings. The third-order valence-corrected chi connectivity index (χ3v) is 6.57. The quantitative estimate of drug-likeness (QED) is 0.0473. The number of ketones is 1. The lowest BCUT2D eigenvalue weighted by molar-refractivity contribution is -0.146. The molecule has 0 aromatic rings. The second-order valence-corrected chi connectivity index (χ2v) is 10.8. The van der Waals surface area contributed by atoms with E-state index in [4.69, 9.17) is 18.9 Å². The molecule has 0 fully saturated rings. The highest BCUT2D eigenvalue weighted by atomic mass is 16.5. The summed E-state index contributed by atoms with van der Waals surface area (Å²) >= 11 is 0. The molecular weight excluding hydrogens is 620 g/mol. The summed E-state index contributed by atoms with van der Waals surface area (Å²) in [6.07, 6.45) is 10.5. The molecule has 286 valence electrons. The number of Topliss-reactive ketones (excluding diaryl/α,β-unsaturated/α-hetero) is 1. The van der Waals surface area contributed by atoms with Gasteiger partial charge < -0.3 is 34.4 Å². The van der Waals surface area contributed by atoms with Gasteiger partial charge in [-0.15, -0.1) is 0 Å². The Labute approximate surface area is 292 Å². The molecule has 0 radical (unpaired) electrons. The maximum absolute atomic E-state index is 11.9. The highest BCUT2D eigenvalue weighted by Gasteiger charge is 2.08. The topological polar surface area (TPSA) is 163 Å². The van der Waals surface area contributed by atoms with Gasteiger partial charge in [-0.2, -0.15) is 0 Å². The van der Waals surface area contributed by atoms with E-state index in [0.717, 1.165) is 25.7 Å². The van der Waals surface area contributed by atoms with E-state index in [9.17, 15) is 28.8 Å². The minimum absolute atomic E-state index is 0. The van der Waals surface area contributed by atoms with Gasteiger partial charge in [0.25, 0.3) is 0 Å². The van der Waals surface area contributed by atoms with Crippen LogP contribution in [0.4, 0.5) is 0 Å². The molecule has 0 atom stereocenters. The van der Waals surface area contributed by atoms with Crippen LogP contribution in [0.25, 0.3) is 0 Å². The molecule has 48 heavy (non-hydrogen) atoms. The molecule has 0 unspecified atom stereocenters. The van der Waals surface area contributed by atoms with Gasteiger partial charge in [0, 0.05) is 65.3 Å². The zero-order chi connectivity index (χ0) is 32.7. The van der Waals surface area contributed by atoms with Crippen molar-refractivity contribution in [1.29, 1.82) is 0 Å². The molecule has 12 heteroatoms. The van der Waals surface area contributed by atoms with Crippen LogP contribution in [0.5, 0.6) is 0 Å². The van der Waals surface area contributed by atoms with Crippen molar-refractivity contribution in [2.24, 2.45) is 0 Å². The Balaban J connectivity index is -0.00000154. The number of nitrogens with one attached hydrogen (secondary N) is 2. The van der Waals surface area contributed by atoms with E-state index >= 15 is 0 Å². The average Bonchev–Trinajstić information content (AvgIpc) is 2.99. The molecule has 0 aliphatic carbocycles. The Morgan fingerprint density at radius 2 is 0.729 bits per heavy atom. The van der Waals surface area contributed by atoms with E-state index in [1.54, 1.807) is 7.11 Å². The van der Waals surface area contributed by atoms with Crippen LogP contribution in [0.15, 0.2) is 0 Å². The van der Waals surface area contributed by atoms with Gasteiger partial charge in [0.15, 0.2) is 0 Å². The maximum atomic E-state index is 11.9. The van der Waals surface area contributed by atoms with Crippen molar-refractivity contribution in [2.45, 2.75) is 152 Å². The lowest BCUT2D eigenvalue weighted by Crippen LogP contribution is -2.34. The van der Waals surface area contributed by atoms with Crippen molar-refractivity contribution in [3.05, 3.63) is 0 Å². The van der Waals surface area contributed by atoms with Gasteiger partial charge in [0.2, 0.25) is 11.8 Å². The number of unbranched alkanes of at least 4 members (excludes halogenated alkanes) is 7. The molecule has 0 aromatic heterocycles. The first-order valence-electron chi connectivity index (χ1n) is 16.2. The van der Waals surface area contributed by atoms with Crippen LogP contribution in [-0.4, -0.2) is 82.1 Å². The van der Waals surface area contributed by atoms with Crippen molar-refractivity contribution >= 4 is 35.5 Å². The van der Waals surface area contributed by atoms with E-state index in [0.29, 0.717) is 103 Å². The number of amides is 2. The van der Waals surface area contributed by atoms with Crippen molar-refractivity contribution in [3.63, 3.8) is 0 Å². The highest BCUT2D eigenvalue weighted by Crippen LogP contribution is 2.06. The van der Waals surface area contributed by atoms with E-state index in [1.165, 1.54) is 6.92 Å². The molecule has 0 aliphatic heterocycles. The Kier molecular flexibility index (Phi) is 45.5. The molecule has 0 bridgehead atoms. The van der Waals surface area contributed by atoms with Gasteiger partial charge in [-0.05, 0) is 77.6 Å². The van der Waals surface area contributed by atoms with Crippen molar-refractivity contribution in [2.75, 3.05) is 46.6 Å². The third-order valence-electron chi connectivity index (χ3n) is 6.57. The SMILES string of the molecule is C.C.C.C.COCCCCCC(=O)NCCNC(=O)CCCCCOC(=O)CCCCC(=O)OCCCCOC(=O)CCCCC(C)=O. The number of carbonyl (C=O) groups excluding carboxylic acids is 6. The van der Waals surface area contributed by atoms with Crippen LogP contribution in [0.2, 0.25) is 0 Å². The fraction of sp³-hybridized carbons (Fsp3) is 0.833. The molecule has 0 aromatic carbocycles. The summed E-state index contributed by atoms with van der Waals surface area (Å²) in [5, 5.41) is 5.58. The first-order valence-corrected chi connectivity index (χ1v) is 16.2. The first-order chi connectivity index (χ1) is 21.2. The predicted molar refractivity (Wildman–Crippen MR) is 191 cm³/mol. The fourth-order valence-corrected chi connectivity index (χ4v) is 4.01. The smallest absolute Gasteiger partial charge is 0.305 e. The summed E-state index contributed by atoms with van der Waals surface area (Å²) in [5.41, 5.74) is 0. The molecule has 0 saturated carbocycles. The van der Waals surface area contributed by atoms with Crippen LogP contribution in [0, 0.1) is 0 Å². The maximum Gasteiger partial charge on any atom is 0.305 e. The number of esters is 3. The van der Waals surface area contributed by atoms with Crippen LogP contribution < -0.4 is 10.6 Å². The van der Waals surface area contributed by atoms with Gasteiger partial charge in [0.1, 0.15) is 5.78 Å². The molecular formula is C36H72N2O10. The predicted octanol–water partition coefficient (Wildman–Crippen LogP) is 6.65. The zero-order valence-corrected chi connectivity index (χ0v) is 27.1. The van der Waals surface area contributed by atoms with Crippen molar-refractivity contribution in [1.82, 2.24) is 10.6 Å². The minimum atomic E-state index is -0.320. The van der Waals surface area contributed by atoms with E-state index < -0.39 is 0 Å². The summed E-state index contributed by atoms with van der Waals surface area (Å²) in [4.78, 5) is 69.7. The number of hydrogen-bond donors (Lipinski definition) is 2. The second-order valence-electron chi connectivity index (χ2n) is 10.8. The number of methoxy groups -OCH3 is 1. The van der Waals surface area contributed by atoms with Gasteiger partial charge in [0.05, 0.1) is 19.8 Å². The zero-order valence-electron chi connectivity index (χ0n) is 27.1. The van der Waals surface area contributed by atoms with Crippen LogP contribution in [0.3, 0.4) is 0 Å². The van der Waals surface area contributed by atoms with Crippen molar-refractivity contribution in [3.8, 4) is 0 Å². The van der Waals surface area contributed by atoms with Gasteiger partial charge in [-0.3, -0.25) is 24.0 Å². The van der Waals surface area contributed by atoms with Gasteiger partial charge in [-0.1, -0.05) is 36.1 Å². The third kappa shape index (κ3) is 41.0. The van der Waals surface area contributed by atoms with E-state index in [2.05, 4.69) is 10.6 Å². The Bertz CT molecular complexity index is 821. The Morgan fingerprint density at radius 3 is 1.08 bits per heavy atom. The second kappa shape index (κ2) is 40.2. The molecule has 0 spiro atoms. The molecule has 12 nitrogen and oxygen atoms in total. The molecule has 0 rings (SSSR count). The summed E-state index contributed by atoms with van der Waals surface area (Å²) < 4.78 is 20.5. The van der Waals surface area contributed by atoms with E-state index in [-0.39, 0.29) is 91.3 Å². The normalized spacial score (nSPS) is 9.71. The standard InChI is InChI=1S/C32H56N2O10.4CH4/c1-27(35)15-7-8-18-30(38)43-25-13-14-26-44-32(40)20-10-9-19-31(39)42-24-12-4-6-17-29(37)34-22-21-33-28(36)16-5-3-11-23-41-2;;;;/h3-26H2,1-2H3,(H,33,36)(H,34,37);4*1H4. The lowest BCUT2D eigenvalue weighted by atomic mass is 10.1. The molecule has 0 saturated heterocycles. The van der Waals surface area contributed by atoms with Crippen LogP contribution in [-0.2, 0) is 47.7 Å². The lowest BCUT2D eigenvalue weighted by Gasteiger charge is -2.08. The monoisotopic (exact) mass is 693 g/mol. The van der Waals surface area contributed by atoms with Crippen LogP contribution >= 0.6 is 0 Å². The summed E-state index contributed by atoms with van der Waals surface area (Å²) in [5.74, 6) is -0.859. The highest BCUT2D eigenvalue weighted by molar-refractivity contribution is 5.77. The fourth-order valence-electron chi connectivity index (χ4n) is 4.01. The van der Waals surface area contributed by atoms with Crippen molar-refractivity contribution < 1.29 is 47.7 Å². The number of carbonyl (C=O) groups is 6. The number of ether oxygens (including phenoxy) is 4. The average molecular weight is 693 g/mol. The number of hydrogen-bond acceptors (Lipinski definition) is 10. The van der Waals surface area contributed by atoms with Gasteiger partial charge in [-0.25, -0.2) is 0 Å². The molecule has 2 N–H and O–H groups in total. The largest absolute Gasteiger partial charge is 0.466 e. The summed E-state index contributed by atoms with van der Waals surface area (Å²) in [6.45, 7) is 3.88. The van der Waals surface area contributed by atoms with Gasteiger partial charge >= 0.3 is 17.9 Å². The summed E-state index contributed by atoms with van der Waals surface area (Å²) in [6, 6.07) is 0. The van der Waals surface area contributed by atoms with E-state index in [1.807, 2.05) is 0 Å². The Hall–Kier alpha value is -3.02. The summed E-state index contributed by atoms with van der Waals surface area (Å²) in [7, 11) is 1.66. The molecule has 2 amide bonds. The Morgan fingerprint density at radius 1 is 0.417 bits per heavy atom. The number of rotatable bonds is 30.